The smallest absolute Gasteiger partial charge is 0.337 e. The molecule has 12 N–H and O–H groups in total. The number of nitrogens with two attached hydrogens (primary N) is 2. The van der Waals surface area contributed by atoms with Crippen molar-refractivity contribution < 1.29 is 49.5 Å². The Labute approximate surface area is 413 Å². The zero-order valence-electron chi connectivity index (χ0n) is 38.3. The molecule has 0 aliphatic heterocycles. The Kier molecular flexibility index (Phi) is 19.6. The van der Waals surface area contributed by atoms with Crippen LogP contribution in [0.15, 0.2) is 224 Å². The summed E-state index contributed by atoms with van der Waals surface area (Å²) in [6.45, 7) is 0. The molecule has 15 heteroatoms. The number of hydrogen-bond acceptors (Lipinski definition) is 10. The van der Waals surface area contributed by atoms with Gasteiger partial charge in [0.15, 0.2) is 0 Å². The van der Waals surface area contributed by atoms with Crippen LogP contribution in [0, 0.1) is 0 Å². The minimum Gasteiger partial charge on any atom is -0.507 e. The van der Waals surface area contributed by atoms with Gasteiger partial charge in [0, 0.05) is 22.7 Å². The highest BCUT2D eigenvalue weighted by Gasteiger charge is 2.13. The summed E-state index contributed by atoms with van der Waals surface area (Å²) in [6, 6.07) is 64.5. The van der Waals surface area contributed by atoms with Gasteiger partial charge < -0.3 is 53.0 Å². The maximum atomic E-state index is 12.2. The molecule has 0 aliphatic carbocycles. The summed E-state index contributed by atoms with van der Waals surface area (Å²) in [7, 11) is 0. The Morgan fingerprint density at radius 1 is 0.361 bits per heavy atom. The Bertz CT molecular complexity index is 3190. The number of primary amides is 1. The number of hydrogen-bond donors (Lipinski definition) is 10. The second-order valence-electron chi connectivity index (χ2n) is 15.0. The normalized spacial score (nSPS) is 9.78. The van der Waals surface area contributed by atoms with Gasteiger partial charge in [-0.1, -0.05) is 127 Å². The molecule has 0 aliphatic rings. The molecule has 3 amide bonds. The minimum absolute atomic E-state index is 0.0165. The number of phenols is 3. The number of benzene rings is 9. The van der Waals surface area contributed by atoms with E-state index in [9.17, 15) is 34.2 Å². The van der Waals surface area contributed by atoms with E-state index in [1.807, 2.05) is 91.0 Å². The standard InChI is InChI=1S/C17H13NO2.2C13H11NO2.2C7H7NO2/c19-16-11-13-7-5-4-6-12(13)10-15(16)17(20)18-14-8-2-1-3-9-14;15-12-9-5-4-8-11(12)13(16)14-10-6-2-1-3-7-10;15-13(16)11-8-4-5-9-12(11)14-10-6-2-1-3-7-10;8-7(10)5-3-1-2-4-6(5)9;8-6-4-2-1-3-5(6)7(9)10/h1-11,19H,(H,18,20);1-9,15H,(H,14,16);1-9,14H,(H,15,16);1-4,9H,(H2,8,10);1-4H,8H2,(H,9,10). The molecule has 0 bridgehead atoms. The van der Waals surface area contributed by atoms with E-state index in [0.29, 0.717) is 22.7 Å². The van der Waals surface area contributed by atoms with E-state index in [4.69, 9.17) is 26.8 Å². The van der Waals surface area contributed by atoms with Crippen molar-refractivity contribution in [3.8, 4) is 17.2 Å². The molecular weight excluding hydrogens is 915 g/mol. The van der Waals surface area contributed by atoms with Crippen LogP contribution in [0.5, 0.6) is 17.2 Å². The Balaban J connectivity index is 0.000000171. The summed E-state index contributed by atoms with van der Waals surface area (Å²) in [5, 5.41) is 56.3. The van der Waals surface area contributed by atoms with Crippen molar-refractivity contribution in [2.45, 2.75) is 0 Å². The highest BCUT2D eigenvalue weighted by molar-refractivity contribution is 6.09. The third-order valence-electron chi connectivity index (χ3n) is 9.89. The fourth-order valence-corrected chi connectivity index (χ4v) is 6.34. The summed E-state index contributed by atoms with van der Waals surface area (Å²) in [5.41, 5.74) is 14.6. The van der Waals surface area contributed by atoms with Crippen LogP contribution in [0.25, 0.3) is 10.8 Å². The van der Waals surface area contributed by atoms with E-state index in [-0.39, 0.29) is 56.9 Å². The number of phenolic OH excluding ortho intramolecular Hbond substituents is 2. The van der Waals surface area contributed by atoms with Gasteiger partial charge in [-0.25, -0.2) is 9.59 Å². The molecular formula is C57H49N5O10. The van der Waals surface area contributed by atoms with Crippen LogP contribution < -0.4 is 27.4 Å². The number of carboxylic acid groups (broad SMARTS) is 2. The molecule has 0 heterocycles. The molecule has 0 radical (unpaired) electrons. The number of anilines is 5. The predicted octanol–water partition coefficient (Wildman–Crippen LogP) is 11.0. The van der Waals surface area contributed by atoms with Crippen LogP contribution in [0.3, 0.4) is 0 Å². The van der Waals surface area contributed by atoms with E-state index in [1.54, 1.807) is 109 Å². The van der Waals surface area contributed by atoms with Crippen molar-refractivity contribution >= 4 is 68.9 Å². The van der Waals surface area contributed by atoms with E-state index < -0.39 is 17.8 Å². The van der Waals surface area contributed by atoms with Gasteiger partial charge in [0.2, 0.25) is 0 Å². The van der Waals surface area contributed by atoms with Crippen molar-refractivity contribution in [2.75, 3.05) is 21.7 Å². The number of aromatic carboxylic acids is 2. The highest BCUT2D eigenvalue weighted by atomic mass is 16.4. The van der Waals surface area contributed by atoms with Crippen LogP contribution in [0.2, 0.25) is 0 Å². The summed E-state index contributed by atoms with van der Waals surface area (Å²) in [6.07, 6.45) is 0. The second-order valence-corrected chi connectivity index (χ2v) is 15.0. The lowest BCUT2D eigenvalue weighted by Gasteiger charge is -2.08. The number of rotatable bonds is 9. The first kappa shape index (κ1) is 52.6. The number of carbonyl (C=O) groups excluding carboxylic acids is 3. The SMILES string of the molecule is NC(=O)c1ccccc1O.Nc1ccccc1C(=O)O.O=C(Nc1ccccc1)c1cc2ccccc2cc1O.O=C(Nc1ccccc1)c1ccccc1O.O=C(O)c1ccccc1Nc1ccccc1. The van der Waals surface area contributed by atoms with Gasteiger partial charge in [-0.2, -0.15) is 0 Å². The monoisotopic (exact) mass is 963 g/mol. The van der Waals surface area contributed by atoms with Crippen LogP contribution in [0.4, 0.5) is 28.4 Å². The molecule has 9 aromatic rings. The van der Waals surface area contributed by atoms with E-state index >= 15 is 0 Å². The molecule has 0 saturated heterocycles. The number of aromatic hydroxyl groups is 3. The Morgan fingerprint density at radius 2 is 0.736 bits per heavy atom. The third-order valence-corrected chi connectivity index (χ3v) is 9.89. The van der Waals surface area contributed by atoms with Crippen molar-refractivity contribution in [2.24, 2.45) is 5.73 Å². The lowest BCUT2D eigenvalue weighted by molar-refractivity contribution is 0.0687. The number of nitrogens with one attached hydrogen (secondary N) is 3. The first-order valence-electron chi connectivity index (χ1n) is 21.7. The Morgan fingerprint density at radius 3 is 1.18 bits per heavy atom. The van der Waals surface area contributed by atoms with Crippen LogP contribution in [-0.2, 0) is 0 Å². The third kappa shape index (κ3) is 16.1. The number of carbonyl (C=O) groups is 5. The first-order valence-corrected chi connectivity index (χ1v) is 21.7. The van der Waals surface area contributed by atoms with Crippen LogP contribution in [-0.4, -0.2) is 55.2 Å². The predicted molar refractivity (Wildman–Crippen MR) is 280 cm³/mol. The highest BCUT2D eigenvalue weighted by Crippen LogP contribution is 2.26. The number of para-hydroxylation sites is 7. The van der Waals surface area contributed by atoms with Gasteiger partial charge in [0.05, 0.1) is 33.5 Å². The molecule has 9 rings (SSSR count). The maximum absolute atomic E-state index is 12.2. The first-order chi connectivity index (χ1) is 34.7. The topological polar surface area (TPSA) is 275 Å². The number of carboxylic acids is 2. The van der Waals surface area contributed by atoms with Crippen molar-refractivity contribution in [1.29, 1.82) is 0 Å². The molecule has 0 unspecified atom stereocenters. The molecule has 15 nitrogen and oxygen atoms in total. The van der Waals surface area contributed by atoms with Gasteiger partial charge in [-0.3, -0.25) is 14.4 Å². The largest absolute Gasteiger partial charge is 0.507 e. The average molecular weight is 964 g/mol. The van der Waals surface area contributed by atoms with Gasteiger partial charge in [0.1, 0.15) is 17.2 Å². The molecule has 0 spiro atoms. The molecule has 9 aromatic carbocycles. The summed E-state index contributed by atoms with van der Waals surface area (Å²) in [4.78, 5) is 55.8. The summed E-state index contributed by atoms with van der Waals surface area (Å²) in [5.74, 6) is -3.28. The second kappa shape index (κ2) is 26.8. The molecule has 0 fully saturated rings. The molecule has 72 heavy (non-hydrogen) atoms. The van der Waals surface area contributed by atoms with Crippen LogP contribution in [0.1, 0.15) is 51.8 Å². The lowest BCUT2D eigenvalue weighted by atomic mass is 10.1. The fraction of sp³-hybridized carbons (Fsp3) is 0. The zero-order chi connectivity index (χ0) is 51.8. The number of amides is 3. The van der Waals surface area contributed by atoms with Crippen LogP contribution >= 0.6 is 0 Å². The Hall–Kier alpha value is -10.4. The van der Waals surface area contributed by atoms with E-state index in [2.05, 4.69) is 16.0 Å². The molecule has 0 aromatic heterocycles. The van der Waals surface area contributed by atoms with Crippen molar-refractivity contribution in [3.63, 3.8) is 0 Å². The van der Waals surface area contributed by atoms with Gasteiger partial charge >= 0.3 is 11.9 Å². The van der Waals surface area contributed by atoms with Crippen molar-refractivity contribution in [3.05, 3.63) is 252 Å². The summed E-state index contributed by atoms with van der Waals surface area (Å²) >= 11 is 0. The van der Waals surface area contributed by atoms with Gasteiger partial charge in [0.25, 0.3) is 17.7 Å². The van der Waals surface area contributed by atoms with Crippen molar-refractivity contribution in [1.82, 2.24) is 0 Å². The summed E-state index contributed by atoms with van der Waals surface area (Å²) < 4.78 is 0. The van der Waals surface area contributed by atoms with E-state index in [0.717, 1.165) is 16.5 Å². The quantitative estimate of drug-likeness (QED) is 0.0605. The maximum Gasteiger partial charge on any atom is 0.337 e. The van der Waals surface area contributed by atoms with Gasteiger partial charge in [-0.05, 0) is 108 Å². The molecule has 0 atom stereocenters. The molecule has 362 valence electrons. The molecule has 0 saturated carbocycles. The zero-order valence-corrected chi connectivity index (χ0v) is 38.3. The minimum atomic E-state index is -0.988. The lowest BCUT2D eigenvalue weighted by Crippen LogP contribution is -2.11. The number of fused-ring (bicyclic) bond motifs is 1. The fourth-order valence-electron chi connectivity index (χ4n) is 6.34. The number of nitrogen functional groups attached to an aromatic ring is 1. The van der Waals surface area contributed by atoms with E-state index in [1.165, 1.54) is 24.3 Å². The average Bonchev–Trinajstić information content (AvgIpc) is 3.38. The van der Waals surface area contributed by atoms with Gasteiger partial charge in [-0.15, -0.1) is 0 Å².